The number of rotatable bonds is 5. The number of benzene rings is 1. The fourth-order valence-electron chi connectivity index (χ4n) is 7.09. The molecule has 2 saturated heterocycles. The van der Waals surface area contributed by atoms with Gasteiger partial charge in [0.25, 0.3) is 0 Å². The fraction of sp³-hybridized carbons (Fsp3) is 0.720. The second kappa shape index (κ2) is 8.18. The molecule has 4 rings (SSSR count). The standard InChI is InChI=1S/C25H38NO2/c1-4-26(18(2)3)20-13-10-16-23(26)24(17-20)28-25(27)22-15-9-8-14-21(22)19-11-6-5-7-12-19/h5-7,11-12,18,20-24H,4,8-10,13-17H2,1-3H3/q+1/t20-,21?,22?,23+,24+,26-/m0/s1. The zero-order valence-corrected chi connectivity index (χ0v) is 18.0. The Morgan fingerprint density at radius 1 is 1.07 bits per heavy atom. The molecular weight excluding hydrogens is 346 g/mol. The van der Waals surface area contributed by atoms with E-state index in [9.17, 15) is 4.79 Å². The summed E-state index contributed by atoms with van der Waals surface area (Å²) in [6.07, 6.45) is 9.48. The average molecular weight is 385 g/mol. The number of hydrogen-bond donors (Lipinski definition) is 0. The van der Waals surface area contributed by atoms with Gasteiger partial charge in [0.2, 0.25) is 0 Å². The zero-order chi connectivity index (χ0) is 19.7. The molecule has 154 valence electrons. The molecule has 2 bridgehead atoms. The van der Waals surface area contributed by atoms with Gasteiger partial charge in [0.15, 0.2) is 6.10 Å². The van der Waals surface area contributed by atoms with Gasteiger partial charge in [0.1, 0.15) is 6.04 Å². The molecule has 28 heavy (non-hydrogen) atoms. The summed E-state index contributed by atoms with van der Waals surface area (Å²) >= 11 is 0. The van der Waals surface area contributed by atoms with E-state index >= 15 is 0 Å². The molecule has 2 unspecified atom stereocenters. The largest absolute Gasteiger partial charge is 0.456 e. The molecule has 0 radical (unpaired) electrons. The van der Waals surface area contributed by atoms with Crippen molar-refractivity contribution in [2.24, 2.45) is 5.92 Å². The lowest BCUT2D eigenvalue weighted by Gasteiger charge is -2.50. The van der Waals surface area contributed by atoms with E-state index < -0.39 is 0 Å². The number of likely N-dealkylation sites (N-methyl/N-ethyl adjacent to an activating group) is 1. The van der Waals surface area contributed by atoms with Crippen LogP contribution in [0.5, 0.6) is 0 Å². The number of carbonyl (C=O) groups is 1. The molecule has 1 saturated carbocycles. The Labute approximate surface area is 171 Å². The van der Waals surface area contributed by atoms with Crippen LogP contribution < -0.4 is 0 Å². The number of hydrogen-bond acceptors (Lipinski definition) is 2. The molecule has 0 amide bonds. The maximum Gasteiger partial charge on any atom is 0.310 e. The smallest absolute Gasteiger partial charge is 0.310 e. The van der Waals surface area contributed by atoms with Crippen molar-refractivity contribution in [3.05, 3.63) is 35.9 Å². The molecule has 0 N–H and O–H groups in total. The van der Waals surface area contributed by atoms with Crippen LogP contribution in [0.4, 0.5) is 0 Å². The van der Waals surface area contributed by atoms with Gasteiger partial charge in [-0.1, -0.05) is 43.2 Å². The molecule has 6 atom stereocenters. The quantitative estimate of drug-likeness (QED) is 0.499. The van der Waals surface area contributed by atoms with Crippen LogP contribution in [0.3, 0.4) is 0 Å². The van der Waals surface area contributed by atoms with Crippen LogP contribution in [-0.4, -0.2) is 41.2 Å². The molecule has 3 aliphatic rings. The first-order valence-electron chi connectivity index (χ1n) is 11.7. The fourth-order valence-corrected chi connectivity index (χ4v) is 7.09. The third-order valence-electron chi connectivity index (χ3n) is 8.34. The van der Waals surface area contributed by atoms with Crippen molar-refractivity contribution in [1.82, 2.24) is 0 Å². The Bertz CT molecular complexity index is 672. The highest BCUT2D eigenvalue weighted by Crippen LogP contribution is 2.47. The summed E-state index contributed by atoms with van der Waals surface area (Å²) in [7, 11) is 0. The van der Waals surface area contributed by atoms with E-state index in [1.165, 1.54) is 35.7 Å². The van der Waals surface area contributed by atoms with Gasteiger partial charge in [-0.25, -0.2) is 0 Å². The van der Waals surface area contributed by atoms with E-state index in [4.69, 9.17) is 4.74 Å². The Kier molecular flexibility index (Phi) is 5.83. The summed E-state index contributed by atoms with van der Waals surface area (Å²) in [6, 6.07) is 12.4. The summed E-state index contributed by atoms with van der Waals surface area (Å²) in [5.41, 5.74) is 1.31. The van der Waals surface area contributed by atoms with Gasteiger partial charge in [-0.2, -0.15) is 0 Å². The summed E-state index contributed by atoms with van der Waals surface area (Å²) in [6.45, 7) is 8.23. The van der Waals surface area contributed by atoms with Crippen molar-refractivity contribution >= 4 is 5.97 Å². The van der Waals surface area contributed by atoms with E-state index in [2.05, 4.69) is 51.1 Å². The number of piperidine rings is 1. The second-order valence-electron chi connectivity index (χ2n) is 9.68. The van der Waals surface area contributed by atoms with Gasteiger partial charge in [-0.05, 0) is 57.9 Å². The number of ether oxygens (including phenoxy) is 1. The summed E-state index contributed by atoms with van der Waals surface area (Å²) in [5.74, 6) is 0.460. The Morgan fingerprint density at radius 3 is 2.50 bits per heavy atom. The Hall–Kier alpha value is -1.35. The highest BCUT2D eigenvalue weighted by atomic mass is 16.5. The topological polar surface area (TPSA) is 26.3 Å². The third kappa shape index (κ3) is 3.30. The predicted molar refractivity (Wildman–Crippen MR) is 113 cm³/mol. The highest BCUT2D eigenvalue weighted by molar-refractivity contribution is 5.74. The summed E-state index contributed by atoms with van der Waals surface area (Å²) in [4.78, 5) is 13.4. The number of carbonyl (C=O) groups excluding carboxylic acids is 1. The molecule has 3 nitrogen and oxygen atoms in total. The van der Waals surface area contributed by atoms with Gasteiger partial charge in [0, 0.05) is 12.8 Å². The molecule has 3 fully saturated rings. The van der Waals surface area contributed by atoms with E-state index in [1.54, 1.807) is 0 Å². The highest BCUT2D eigenvalue weighted by Gasteiger charge is 2.58. The molecule has 1 aliphatic carbocycles. The molecule has 1 aromatic carbocycles. The molecule has 1 aromatic rings. The van der Waals surface area contributed by atoms with Crippen LogP contribution >= 0.6 is 0 Å². The van der Waals surface area contributed by atoms with Crippen LogP contribution in [0.2, 0.25) is 0 Å². The van der Waals surface area contributed by atoms with Gasteiger partial charge < -0.3 is 9.22 Å². The normalized spacial score (nSPS) is 37.8. The predicted octanol–water partition coefficient (Wildman–Crippen LogP) is 5.44. The summed E-state index contributed by atoms with van der Waals surface area (Å²) in [5, 5.41) is 0. The third-order valence-corrected chi connectivity index (χ3v) is 8.34. The van der Waals surface area contributed by atoms with Crippen molar-refractivity contribution in [1.29, 1.82) is 0 Å². The number of nitrogens with zero attached hydrogens (tertiary/aromatic N) is 1. The molecule has 2 heterocycles. The molecular formula is C25H38NO2+. The molecule has 3 heteroatoms. The van der Waals surface area contributed by atoms with Gasteiger partial charge in [-0.3, -0.25) is 4.79 Å². The van der Waals surface area contributed by atoms with Crippen LogP contribution in [0.25, 0.3) is 0 Å². The van der Waals surface area contributed by atoms with Crippen molar-refractivity contribution in [3.63, 3.8) is 0 Å². The average Bonchev–Trinajstić information content (AvgIpc) is 2.87. The summed E-state index contributed by atoms with van der Waals surface area (Å²) < 4.78 is 7.54. The second-order valence-corrected chi connectivity index (χ2v) is 9.68. The van der Waals surface area contributed by atoms with E-state index in [-0.39, 0.29) is 18.0 Å². The van der Waals surface area contributed by atoms with E-state index in [0.29, 0.717) is 24.0 Å². The lowest BCUT2D eigenvalue weighted by molar-refractivity contribution is -0.983. The van der Waals surface area contributed by atoms with Crippen molar-refractivity contribution in [2.75, 3.05) is 6.54 Å². The maximum atomic E-state index is 13.4. The molecule has 2 aliphatic heterocycles. The Morgan fingerprint density at radius 2 is 1.82 bits per heavy atom. The first kappa shape index (κ1) is 19.9. The van der Waals surface area contributed by atoms with E-state index in [1.807, 2.05) is 0 Å². The minimum atomic E-state index is 0.0409. The monoisotopic (exact) mass is 384 g/mol. The van der Waals surface area contributed by atoms with Gasteiger partial charge in [0.05, 0.1) is 24.5 Å². The van der Waals surface area contributed by atoms with Crippen LogP contribution in [-0.2, 0) is 9.53 Å². The molecule has 0 spiro atoms. The maximum absolute atomic E-state index is 13.4. The lowest BCUT2D eigenvalue weighted by atomic mass is 9.75. The first-order valence-corrected chi connectivity index (χ1v) is 11.7. The van der Waals surface area contributed by atoms with Crippen molar-refractivity contribution in [3.8, 4) is 0 Å². The lowest BCUT2D eigenvalue weighted by Crippen LogP contribution is -2.63. The zero-order valence-electron chi connectivity index (χ0n) is 18.0. The number of quaternary nitrogens is 1. The molecule has 0 aromatic heterocycles. The van der Waals surface area contributed by atoms with Crippen molar-refractivity contribution in [2.45, 2.75) is 102 Å². The minimum Gasteiger partial charge on any atom is -0.456 e. The van der Waals surface area contributed by atoms with Crippen LogP contribution in [0.1, 0.15) is 83.6 Å². The number of esters is 1. The van der Waals surface area contributed by atoms with Gasteiger partial charge in [-0.15, -0.1) is 0 Å². The minimum absolute atomic E-state index is 0.0409. The van der Waals surface area contributed by atoms with E-state index in [0.717, 1.165) is 32.2 Å². The van der Waals surface area contributed by atoms with Crippen LogP contribution in [0.15, 0.2) is 30.3 Å². The van der Waals surface area contributed by atoms with Crippen molar-refractivity contribution < 1.29 is 14.0 Å². The Balaban J connectivity index is 1.51. The SMILES string of the molecule is CC[N@+]1(C(C)C)[C@H]2CCC[C@@H]1[C@H](OC(=O)C1CCCCC1c1ccccc1)C2. The number of fused-ring (bicyclic) bond motifs is 2. The first-order chi connectivity index (χ1) is 13.6. The van der Waals surface area contributed by atoms with Gasteiger partial charge >= 0.3 is 5.97 Å². The van der Waals surface area contributed by atoms with Crippen LogP contribution in [0, 0.1) is 5.92 Å².